The van der Waals surface area contributed by atoms with Gasteiger partial charge in [0.1, 0.15) is 11.9 Å². The third-order valence-electron chi connectivity index (χ3n) is 5.16. The molecule has 0 N–H and O–H groups in total. The van der Waals surface area contributed by atoms with E-state index in [1.807, 2.05) is 0 Å². The summed E-state index contributed by atoms with van der Waals surface area (Å²) in [5, 5.41) is 0. The molecule has 1 aliphatic carbocycles. The Morgan fingerprint density at radius 2 is 1.86 bits per heavy atom. The van der Waals surface area contributed by atoms with Gasteiger partial charge in [-0.25, -0.2) is 13.2 Å². The van der Waals surface area contributed by atoms with Crippen molar-refractivity contribution in [2.24, 2.45) is 11.8 Å². The normalized spacial score (nSPS) is 28.1. The number of ether oxygens (including phenoxy) is 1. The van der Waals surface area contributed by atoms with Crippen LogP contribution in [0.4, 0.5) is 13.2 Å². The van der Waals surface area contributed by atoms with Gasteiger partial charge in [-0.15, -0.1) is 0 Å². The molecule has 122 valence electrons. The van der Waals surface area contributed by atoms with Crippen molar-refractivity contribution < 1.29 is 17.9 Å². The molecule has 2 aliphatic rings. The molecule has 22 heavy (non-hydrogen) atoms. The SMILES string of the molecule is CC1CCC(CCc2ccc(C3CO3)c(F)c2C(F)F)CC1. The Balaban J connectivity index is 1.71. The topological polar surface area (TPSA) is 12.5 Å². The summed E-state index contributed by atoms with van der Waals surface area (Å²) in [7, 11) is 0. The Labute approximate surface area is 129 Å². The Bertz CT molecular complexity index is 517. The lowest BCUT2D eigenvalue weighted by Gasteiger charge is -2.26. The van der Waals surface area contributed by atoms with Gasteiger partial charge in [-0.3, -0.25) is 0 Å². The average Bonchev–Trinajstić information content (AvgIpc) is 3.31. The predicted octanol–water partition coefficient (Wildman–Crippen LogP) is 5.59. The molecular weight excluding hydrogens is 289 g/mol. The highest BCUT2D eigenvalue weighted by Gasteiger charge is 2.32. The van der Waals surface area contributed by atoms with Crippen LogP contribution in [0, 0.1) is 17.7 Å². The third kappa shape index (κ3) is 3.48. The standard InChI is InChI=1S/C18H23F3O/c1-11-2-4-12(5-3-11)6-7-13-8-9-14(15-10-22-15)17(19)16(13)18(20)21/h8-9,11-12,15,18H,2-7,10H2,1H3. The first-order valence-corrected chi connectivity index (χ1v) is 8.27. The number of alkyl halides is 2. The first kappa shape index (κ1) is 15.9. The zero-order valence-electron chi connectivity index (χ0n) is 13.0. The number of aryl methyl sites for hydroxylation is 1. The average molecular weight is 312 g/mol. The van der Waals surface area contributed by atoms with E-state index in [2.05, 4.69) is 6.92 Å². The highest BCUT2D eigenvalue weighted by atomic mass is 19.3. The molecule has 1 saturated heterocycles. The van der Waals surface area contributed by atoms with Gasteiger partial charge in [0.25, 0.3) is 6.43 Å². The van der Waals surface area contributed by atoms with Crippen molar-refractivity contribution in [3.05, 3.63) is 34.6 Å². The maximum Gasteiger partial charge on any atom is 0.266 e. The fourth-order valence-corrected chi connectivity index (χ4v) is 3.56. The van der Waals surface area contributed by atoms with Crippen molar-refractivity contribution in [2.75, 3.05) is 6.61 Å². The molecular formula is C18H23F3O. The minimum absolute atomic E-state index is 0.283. The molecule has 0 bridgehead atoms. The quantitative estimate of drug-likeness (QED) is 0.645. The van der Waals surface area contributed by atoms with Crippen molar-refractivity contribution in [2.45, 2.75) is 58.0 Å². The molecule has 1 unspecified atom stereocenters. The van der Waals surface area contributed by atoms with Gasteiger partial charge in [0, 0.05) is 5.56 Å². The molecule has 3 rings (SSSR count). The Kier molecular flexibility index (Phi) is 4.76. The number of benzene rings is 1. The second-order valence-electron chi connectivity index (χ2n) is 6.83. The molecule has 1 aromatic rings. The highest BCUT2D eigenvalue weighted by molar-refractivity contribution is 5.37. The van der Waals surface area contributed by atoms with Crippen molar-refractivity contribution in [1.29, 1.82) is 0 Å². The fourth-order valence-electron chi connectivity index (χ4n) is 3.56. The zero-order valence-corrected chi connectivity index (χ0v) is 13.0. The fraction of sp³-hybridized carbons (Fsp3) is 0.667. The molecule has 1 saturated carbocycles. The lowest BCUT2D eigenvalue weighted by Crippen LogP contribution is -2.13. The summed E-state index contributed by atoms with van der Waals surface area (Å²) >= 11 is 0. The van der Waals surface area contributed by atoms with Crippen LogP contribution in [0.1, 0.15) is 68.2 Å². The molecule has 1 nitrogen and oxygen atoms in total. The van der Waals surface area contributed by atoms with E-state index >= 15 is 0 Å². The number of rotatable bonds is 5. The largest absolute Gasteiger partial charge is 0.368 e. The van der Waals surface area contributed by atoms with Crippen molar-refractivity contribution in [1.82, 2.24) is 0 Å². The van der Waals surface area contributed by atoms with E-state index in [-0.39, 0.29) is 11.7 Å². The van der Waals surface area contributed by atoms with Crippen LogP contribution in [0.3, 0.4) is 0 Å². The summed E-state index contributed by atoms with van der Waals surface area (Å²) in [6, 6.07) is 3.30. The molecule has 0 aromatic heterocycles. The van der Waals surface area contributed by atoms with Crippen LogP contribution in [-0.2, 0) is 11.2 Å². The summed E-state index contributed by atoms with van der Waals surface area (Å²) in [4.78, 5) is 0. The minimum Gasteiger partial charge on any atom is -0.368 e. The van der Waals surface area contributed by atoms with Gasteiger partial charge in [-0.1, -0.05) is 44.7 Å². The van der Waals surface area contributed by atoms with Gasteiger partial charge in [0.2, 0.25) is 0 Å². The second-order valence-corrected chi connectivity index (χ2v) is 6.83. The molecule has 1 aliphatic heterocycles. The summed E-state index contributed by atoms with van der Waals surface area (Å²) < 4.78 is 45.9. The van der Waals surface area contributed by atoms with Crippen molar-refractivity contribution in [3.63, 3.8) is 0 Å². The Morgan fingerprint density at radius 3 is 2.45 bits per heavy atom. The molecule has 1 aromatic carbocycles. The second kappa shape index (κ2) is 6.61. The van der Waals surface area contributed by atoms with Gasteiger partial charge < -0.3 is 4.74 Å². The number of epoxide rings is 1. The Hall–Kier alpha value is -1.03. The first-order chi connectivity index (χ1) is 10.6. The van der Waals surface area contributed by atoms with Gasteiger partial charge in [0.05, 0.1) is 12.2 Å². The predicted molar refractivity (Wildman–Crippen MR) is 79.5 cm³/mol. The zero-order chi connectivity index (χ0) is 15.7. The van der Waals surface area contributed by atoms with Gasteiger partial charge in [-0.2, -0.15) is 0 Å². The van der Waals surface area contributed by atoms with E-state index in [9.17, 15) is 13.2 Å². The van der Waals surface area contributed by atoms with E-state index in [4.69, 9.17) is 4.74 Å². The maximum atomic E-state index is 14.3. The molecule has 1 heterocycles. The molecule has 0 amide bonds. The Morgan fingerprint density at radius 1 is 1.18 bits per heavy atom. The number of hydrogen-bond donors (Lipinski definition) is 0. The summed E-state index contributed by atoms with van der Waals surface area (Å²) in [5.41, 5.74) is 0.346. The van der Waals surface area contributed by atoms with E-state index in [1.165, 1.54) is 25.7 Å². The van der Waals surface area contributed by atoms with Crippen LogP contribution >= 0.6 is 0 Å². The van der Waals surface area contributed by atoms with Crippen molar-refractivity contribution >= 4 is 0 Å². The van der Waals surface area contributed by atoms with Crippen LogP contribution in [-0.4, -0.2) is 6.61 Å². The molecule has 0 radical (unpaired) electrons. The van der Waals surface area contributed by atoms with Crippen LogP contribution < -0.4 is 0 Å². The lowest BCUT2D eigenvalue weighted by molar-refractivity contribution is 0.144. The van der Waals surface area contributed by atoms with Crippen LogP contribution in [0.2, 0.25) is 0 Å². The molecule has 0 spiro atoms. The first-order valence-electron chi connectivity index (χ1n) is 8.27. The molecule has 1 atom stereocenters. The van der Waals surface area contributed by atoms with Gasteiger partial charge in [0.15, 0.2) is 0 Å². The third-order valence-corrected chi connectivity index (χ3v) is 5.16. The number of halogens is 3. The van der Waals surface area contributed by atoms with Crippen molar-refractivity contribution in [3.8, 4) is 0 Å². The lowest BCUT2D eigenvalue weighted by atomic mass is 9.80. The van der Waals surface area contributed by atoms with Crippen LogP contribution in [0.15, 0.2) is 12.1 Å². The van der Waals surface area contributed by atoms with Gasteiger partial charge >= 0.3 is 0 Å². The van der Waals surface area contributed by atoms with Crippen LogP contribution in [0.5, 0.6) is 0 Å². The van der Waals surface area contributed by atoms with E-state index in [1.54, 1.807) is 12.1 Å². The molecule has 2 fully saturated rings. The van der Waals surface area contributed by atoms with E-state index < -0.39 is 17.8 Å². The minimum atomic E-state index is -2.76. The highest BCUT2D eigenvalue weighted by Crippen LogP contribution is 2.38. The summed E-state index contributed by atoms with van der Waals surface area (Å²) in [6.45, 7) is 2.69. The number of hydrogen-bond acceptors (Lipinski definition) is 1. The van der Waals surface area contributed by atoms with Crippen LogP contribution in [0.25, 0.3) is 0 Å². The summed E-state index contributed by atoms with van der Waals surface area (Å²) in [6.07, 6.45) is 3.11. The smallest absolute Gasteiger partial charge is 0.266 e. The molecule has 4 heteroatoms. The monoisotopic (exact) mass is 312 g/mol. The maximum absolute atomic E-state index is 14.3. The van der Waals surface area contributed by atoms with E-state index in [0.717, 1.165) is 12.3 Å². The van der Waals surface area contributed by atoms with E-state index in [0.29, 0.717) is 24.5 Å². The summed E-state index contributed by atoms with van der Waals surface area (Å²) in [5.74, 6) is 0.617. The van der Waals surface area contributed by atoms with Gasteiger partial charge in [-0.05, 0) is 30.2 Å².